The highest BCUT2D eigenvalue weighted by molar-refractivity contribution is 7.91. The van der Waals surface area contributed by atoms with Crippen LogP contribution in [-0.4, -0.2) is 46.0 Å². The maximum absolute atomic E-state index is 11.8. The van der Waals surface area contributed by atoms with Gasteiger partial charge in [0.2, 0.25) is 10.9 Å². The van der Waals surface area contributed by atoms with Crippen molar-refractivity contribution in [1.29, 1.82) is 0 Å². The second-order valence-corrected chi connectivity index (χ2v) is 7.87. The number of aromatic carboxylic acids is 1. The van der Waals surface area contributed by atoms with Crippen LogP contribution in [0.4, 0.5) is 0 Å². The monoisotopic (exact) mass is 311 g/mol. The largest absolute Gasteiger partial charge is 0.475 e. The molecule has 8 nitrogen and oxygen atoms in total. The summed E-state index contributed by atoms with van der Waals surface area (Å²) in [5.74, 6) is -2.29. The molecule has 0 amide bonds. The molecule has 0 fully saturated rings. The molecule has 0 spiro atoms. The first-order chi connectivity index (χ1) is 8.51. The molecule has 10 heteroatoms. The van der Waals surface area contributed by atoms with Gasteiger partial charge in [-0.1, -0.05) is 0 Å². The van der Waals surface area contributed by atoms with Crippen molar-refractivity contribution in [3.8, 4) is 0 Å². The Kier molecular flexibility index (Phi) is 4.38. The van der Waals surface area contributed by atoms with Crippen molar-refractivity contribution in [2.75, 3.05) is 12.0 Å². The maximum Gasteiger partial charge on any atom is 0.371 e. The lowest BCUT2D eigenvalue weighted by molar-refractivity contribution is 0.0656. The van der Waals surface area contributed by atoms with Crippen LogP contribution in [0.15, 0.2) is 21.6 Å². The average Bonchev–Trinajstić information content (AvgIpc) is 2.61. The smallest absolute Gasteiger partial charge is 0.371 e. The van der Waals surface area contributed by atoms with Crippen LogP contribution >= 0.6 is 0 Å². The number of hydrogen-bond donors (Lipinski definition) is 2. The summed E-state index contributed by atoms with van der Waals surface area (Å²) >= 11 is 0. The summed E-state index contributed by atoms with van der Waals surface area (Å²) in [6.07, 6.45) is 0.979. The molecule has 0 radical (unpaired) electrons. The fourth-order valence-corrected chi connectivity index (χ4v) is 3.66. The Morgan fingerprint density at radius 2 is 1.95 bits per heavy atom. The van der Waals surface area contributed by atoms with Crippen LogP contribution in [0, 0.1) is 0 Å². The highest BCUT2D eigenvalue weighted by atomic mass is 32.2. The van der Waals surface area contributed by atoms with E-state index < -0.39 is 42.7 Å². The molecular weight excluding hydrogens is 298 g/mol. The molecule has 1 unspecified atom stereocenters. The van der Waals surface area contributed by atoms with E-state index in [1.807, 2.05) is 0 Å². The number of carboxylic acids is 1. The fraction of sp³-hybridized carbons (Fsp3) is 0.444. The molecule has 0 aliphatic rings. The zero-order valence-corrected chi connectivity index (χ0v) is 11.8. The molecule has 0 saturated carbocycles. The molecule has 0 aromatic carbocycles. The van der Waals surface area contributed by atoms with E-state index in [1.54, 1.807) is 0 Å². The van der Waals surface area contributed by atoms with Crippen molar-refractivity contribution in [3.05, 3.63) is 17.9 Å². The minimum absolute atomic E-state index is 0.376. The quantitative estimate of drug-likeness (QED) is 0.736. The first kappa shape index (κ1) is 15.7. The van der Waals surface area contributed by atoms with E-state index >= 15 is 0 Å². The van der Waals surface area contributed by atoms with Gasteiger partial charge >= 0.3 is 5.97 Å². The molecule has 1 aromatic heterocycles. The molecule has 2 N–H and O–H groups in total. The molecule has 0 aliphatic heterocycles. The highest BCUT2D eigenvalue weighted by Gasteiger charge is 2.24. The molecule has 1 atom stereocenters. The lowest BCUT2D eigenvalue weighted by Crippen LogP contribution is -2.37. The Balaban J connectivity index is 2.89. The molecule has 1 heterocycles. The predicted octanol–water partition coefficient (Wildman–Crippen LogP) is -0.311. The van der Waals surface area contributed by atoms with Crippen molar-refractivity contribution >= 4 is 25.8 Å². The van der Waals surface area contributed by atoms with Crippen molar-refractivity contribution in [1.82, 2.24) is 4.72 Å². The van der Waals surface area contributed by atoms with Crippen molar-refractivity contribution < 1.29 is 31.2 Å². The Morgan fingerprint density at radius 1 is 1.37 bits per heavy atom. The lowest BCUT2D eigenvalue weighted by atomic mass is 10.4. The molecule has 108 valence electrons. The summed E-state index contributed by atoms with van der Waals surface area (Å²) in [5, 5.41) is 8.03. The number of sulfonamides is 1. The molecule has 0 saturated heterocycles. The molecule has 0 aliphatic carbocycles. The second kappa shape index (κ2) is 5.31. The van der Waals surface area contributed by atoms with Gasteiger partial charge in [-0.3, -0.25) is 0 Å². The van der Waals surface area contributed by atoms with Gasteiger partial charge in [-0.25, -0.2) is 26.4 Å². The second-order valence-electron chi connectivity index (χ2n) is 4.04. The van der Waals surface area contributed by atoms with Gasteiger partial charge in [0, 0.05) is 12.3 Å². The van der Waals surface area contributed by atoms with Gasteiger partial charge in [0.05, 0.1) is 5.75 Å². The standard InChI is InChI=1S/C9H13NO7S2/c1-6(5-18(2,13)14)10-19(15,16)8-4-3-7(17-8)9(11)12/h3-4,6,10H,5H2,1-2H3,(H,11,12). The number of sulfone groups is 1. The minimum Gasteiger partial charge on any atom is -0.475 e. The number of hydrogen-bond acceptors (Lipinski definition) is 6. The lowest BCUT2D eigenvalue weighted by Gasteiger charge is -2.11. The van der Waals surface area contributed by atoms with Gasteiger partial charge in [0.15, 0.2) is 0 Å². The number of nitrogens with one attached hydrogen (secondary N) is 1. The molecule has 1 rings (SSSR count). The van der Waals surface area contributed by atoms with Crippen LogP contribution in [0.1, 0.15) is 17.5 Å². The van der Waals surface area contributed by atoms with Gasteiger partial charge < -0.3 is 9.52 Å². The van der Waals surface area contributed by atoms with Crippen LogP contribution in [0.25, 0.3) is 0 Å². The SMILES string of the molecule is CC(CS(C)(=O)=O)NS(=O)(=O)c1ccc(C(=O)O)o1. The van der Waals surface area contributed by atoms with Crippen LogP contribution in [0.5, 0.6) is 0 Å². The minimum atomic E-state index is -4.09. The third kappa shape index (κ3) is 4.65. The predicted molar refractivity (Wildman–Crippen MR) is 65.2 cm³/mol. The van der Waals surface area contributed by atoms with Gasteiger partial charge in [-0.2, -0.15) is 0 Å². The normalized spacial score (nSPS) is 14.2. The Hall–Kier alpha value is -1.39. The van der Waals surface area contributed by atoms with Crippen LogP contribution in [0.3, 0.4) is 0 Å². The van der Waals surface area contributed by atoms with E-state index in [0.717, 1.165) is 18.4 Å². The topological polar surface area (TPSA) is 131 Å². The zero-order valence-electron chi connectivity index (χ0n) is 10.2. The third-order valence-electron chi connectivity index (χ3n) is 1.97. The van der Waals surface area contributed by atoms with Gasteiger partial charge in [0.1, 0.15) is 9.84 Å². The maximum atomic E-state index is 11.8. The van der Waals surface area contributed by atoms with E-state index in [4.69, 9.17) is 5.11 Å². The summed E-state index contributed by atoms with van der Waals surface area (Å²) in [6.45, 7) is 1.37. The summed E-state index contributed by atoms with van der Waals surface area (Å²) in [6, 6.07) is 1.12. The summed E-state index contributed by atoms with van der Waals surface area (Å²) in [7, 11) is -7.43. The summed E-state index contributed by atoms with van der Waals surface area (Å²) in [5.41, 5.74) is 0. The third-order valence-corrected chi connectivity index (χ3v) is 4.53. The molecule has 0 bridgehead atoms. The van der Waals surface area contributed by atoms with Crippen molar-refractivity contribution in [2.45, 2.75) is 18.1 Å². The average molecular weight is 311 g/mol. The number of furan rings is 1. The van der Waals surface area contributed by atoms with Gasteiger partial charge in [-0.15, -0.1) is 0 Å². The molecule has 1 aromatic rings. The number of carbonyl (C=O) groups is 1. The summed E-state index contributed by atoms with van der Waals surface area (Å²) in [4.78, 5) is 10.6. The van der Waals surface area contributed by atoms with Crippen LogP contribution in [-0.2, 0) is 19.9 Å². The number of rotatable bonds is 6. The van der Waals surface area contributed by atoms with Gasteiger partial charge in [0.25, 0.3) is 10.0 Å². The van der Waals surface area contributed by atoms with Crippen molar-refractivity contribution in [3.63, 3.8) is 0 Å². The summed E-state index contributed by atoms with van der Waals surface area (Å²) < 4.78 is 52.3. The zero-order chi connectivity index (χ0) is 14.8. The van der Waals surface area contributed by atoms with E-state index in [9.17, 15) is 21.6 Å². The number of carboxylic acid groups (broad SMARTS) is 1. The van der Waals surface area contributed by atoms with E-state index in [1.165, 1.54) is 6.92 Å². The first-order valence-electron chi connectivity index (χ1n) is 5.04. The van der Waals surface area contributed by atoms with E-state index in [0.29, 0.717) is 0 Å². The Labute approximate surface area is 110 Å². The molecule has 19 heavy (non-hydrogen) atoms. The van der Waals surface area contributed by atoms with Gasteiger partial charge in [-0.05, 0) is 19.1 Å². The molecular formula is C9H13NO7S2. The Bertz CT molecular complexity index is 671. The fourth-order valence-electron chi connectivity index (χ4n) is 1.39. The highest BCUT2D eigenvalue weighted by Crippen LogP contribution is 2.14. The van der Waals surface area contributed by atoms with Crippen molar-refractivity contribution in [2.24, 2.45) is 0 Å². The van der Waals surface area contributed by atoms with E-state index in [-0.39, 0.29) is 5.75 Å². The van der Waals surface area contributed by atoms with Crippen LogP contribution in [0.2, 0.25) is 0 Å². The van der Waals surface area contributed by atoms with Crippen LogP contribution < -0.4 is 4.72 Å². The Morgan fingerprint density at radius 3 is 2.37 bits per heavy atom. The first-order valence-corrected chi connectivity index (χ1v) is 8.59. The van der Waals surface area contributed by atoms with E-state index in [2.05, 4.69) is 9.14 Å².